The van der Waals surface area contributed by atoms with Crippen molar-refractivity contribution in [2.45, 2.75) is 19.6 Å². The molecule has 7 nitrogen and oxygen atoms in total. The maximum atomic E-state index is 12.3. The van der Waals surface area contributed by atoms with Crippen molar-refractivity contribution in [2.24, 2.45) is 0 Å². The molecule has 1 saturated heterocycles. The van der Waals surface area contributed by atoms with Gasteiger partial charge in [0, 0.05) is 45.1 Å². The summed E-state index contributed by atoms with van der Waals surface area (Å²) < 4.78 is 5.43. The molecule has 1 N–H and O–H groups in total. The molecule has 1 aliphatic rings. The predicted octanol–water partition coefficient (Wildman–Crippen LogP) is 3.43. The third kappa shape index (κ3) is 6.32. The molecular formula is C28H32N4O3. The van der Waals surface area contributed by atoms with Gasteiger partial charge in [-0.1, -0.05) is 36.4 Å². The van der Waals surface area contributed by atoms with E-state index in [0.717, 1.165) is 28.3 Å². The summed E-state index contributed by atoms with van der Waals surface area (Å²) in [5.41, 5.74) is 5.53. The lowest BCUT2D eigenvalue weighted by molar-refractivity contribution is -0.141. The molecule has 1 aliphatic heterocycles. The van der Waals surface area contributed by atoms with Crippen LogP contribution in [0.15, 0.2) is 72.8 Å². The normalized spacial score (nSPS) is 13.4. The van der Waals surface area contributed by atoms with Crippen LogP contribution in [0.5, 0.6) is 5.75 Å². The number of ether oxygens (including phenoxy) is 1. The second-order valence-corrected chi connectivity index (χ2v) is 8.97. The highest BCUT2D eigenvalue weighted by atomic mass is 16.5. The van der Waals surface area contributed by atoms with E-state index in [0.29, 0.717) is 19.6 Å². The van der Waals surface area contributed by atoms with Gasteiger partial charge in [0.25, 0.3) is 0 Å². The zero-order chi connectivity index (χ0) is 24.8. The number of nitrogens with zero attached hydrogens (tertiary/aromatic N) is 3. The number of benzene rings is 3. The molecule has 0 radical (unpaired) electrons. The predicted molar refractivity (Wildman–Crippen MR) is 139 cm³/mol. The molecule has 35 heavy (non-hydrogen) atoms. The van der Waals surface area contributed by atoms with Crippen molar-refractivity contribution in [2.75, 3.05) is 44.1 Å². The Bertz CT molecular complexity index is 1190. The average Bonchev–Trinajstić information content (AvgIpc) is 2.86. The Hall–Kier alpha value is -4.00. The van der Waals surface area contributed by atoms with E-state index in [1.807, 2.05) is 38.4 Å². The van der Waals surface area contributed by atoms with Gasteiger partial charge in [0.1, 0.15) is 5.75 Å². The van der Waals surface area contributed by atoms with Crippen molar-refractivity contribution >= 4 is 23.2 Å². The van der Waals surface area contributed by atoms with Gasteiger partial charge in [-0.25, -0.2) is 0 Å². The minimum Gasteiger partial charge on any atom is -0.497 e. The number of anilines is 2. The van der Waals surface area contributed by atoms with Crippen molar-refractivity contribution in [1.29, 1.82) is 0 Å². The van der Waals surface area contributed by atoms with Crippen molar-refractivity contribution in [3.63, 3.8) is 0 Å². The lowest BCUT2D eigenvalue weighted by atomic mass is 10.1. The summed E-state index contributed by atoms with van der Waals surface area (Å²) in [5.74, 6) is 0.637. The number of hydrogen-bond donors (Lipinski definition) is 1. The fourth-order valence-electron chi connectivity index (χ4n) is 4.20. The molecule has 0 spiro atoms. The third-order valence-corrected chi connectivity index (χ3v) is 6.08. The van der Waals surface area contributed by atoms with E-state index >= 15 is 0 Å². The molecule has 0 aromatic heterocycles. The summed E-state index contributed by atoms with van der Waals surface area (Å²) in [6.45, 7) is 1.96. The SMILES string of the molecule is COc1cccc(CN(Cc2cccc(N(C)C)c2)c2cccc(CN3CC(=O)NCC3=O)c2)c1. The topological polar surface area (TPSA) is 65.1 Å². The molecule has 0 unspecified atom stereocenters. The van der Waals surface area contributed by atoms with Crippen LogP contribution in [0.25, 0.3) is 0 Å². The van der Waals surface area contributed by atoms with Crippen molar-refractivity contribution in [1.82, 2.24) is 10.2 Å². The van der Waals surface area contributed by atoms with Crippen molar-refractivity contribution in [3.8, 4) is 5.75 Å². The molecule has 1 heterocycles. The summed E-state index contributed by atoms with van der Waals surface area (Å²) in [6.07, 6.45) is 0. The maximum Gasteiger partial charge on any atom is 0.242 e. The molecule has 4 rings (SSSR count). The first-order chi connectivity index (χ1) is 16.9. The van der Waals surface area contributed by atoms with Gasteiger partial charge in [-0.2, -0.15) is 0 Å². The summed E-state index contributed by atoms with van der Waals surface area (Å²) in [7, 11) is 5.76. The first kappa shape index (κ1) is 24.1. The Kier molecular flexibility index (Phi) is 7.55. The van der Waals surface area contributed by atoms with Gasteiger partial charge in [0.05, 0.1) is 20.2 Å². The lowest BCUT2D eigenvalue weighted by Gasteiger charge is -2.29. The molecule has 3 aromatic carbocycles. The third-order valence-electron chi connectivity index (χ3n) is 6.08. The number of rotatable bonds is 9. The van der Waals surface area contributed by atoms with Crippen molar-refractivity contribution < 1.29 is 14.3 Å². The van der Waals surface area contributed by atoms with E-state index < -0.39 is 0 Å². The number of amides is 2. The Labute approximate surface area is 206 Å². The highest BCUT2D eigenvalue weighted by molar-refractivity contribution is 5.92. The molecule has 0 atom stereocenters. The van der Waals surface area contributed by atoms with Gasteiger partial charge < -0.3 is 24.8 Å². The van der Waals surface area contributed by atoms with Crippen LogP contribution in [0.1, 0.15) is 16.7 Å². The molecule has 2 amide bonds. The summed E-state index contributed by atoms with van der Waals surface area (Å²) in [4.78, 5) is 30.1. The molecule has 1 fully saturated rings. The Balaban J connectivity index is 1.62. The second-order valence-electron chi connectivity index (χ2n) is 8.97. The van der Waals surface area contributed by atoms with Gasteiger partial charge >= 0.3 is 0 Å². The number of methoxy groups -OCH3 is 1. The Morgan fingerprint density at radius 2 is 1.49 bits per heavy atom. The number of piperazine rings is 1. The minimum absolute atomic E-state index is 0.0582. The first-order valence-electron chi connectivity index (χ1n) is 11.7. The molecule has 7 heteroatoms. The average molecular weight is 473 g/mol. The number of carbonyl (C=O) groups is 2. The number of nitrogens with one attached hydrogen (secondary N) is 1. The largest absolute Gasteiger partial charge is 0.497 e. The van der Waals surface area contributed by atoms with Crippen LogP contribution in [-0.2, 0) is 29.2 Å². The minimum atomic E-state index is -0.124. The van der Waals surface area contributed by atoms with Gasteiger partial charge in [-0.05, 0) is 53.1 Å². The molecule has 0 saturated carbocycles. The van der Waals surface area contributed by atoms with E-state index in [1.54, 1.807) is 12.0 Å². The molecular weight excluding hydrogens is 440 g/mol. The van der Waals surface area contributed by atoms with E-state index in [-0.39, 0.29) is 24.9 Å². The van der Waals surface area contributed by atoms with Crippen LogP contribution in [-0.4, -0.2) is 51.0 Å². The molecule has 3 aromatic rings. The summed E-state index contributed by atoms with van der Waals surface area (Å²) in [5, 5.41) is 2.60. The highest BCUT2D eigenvalue weighted by Gasteiger charge is 2.23. The number of hydrogen-bond acceptors (Lipinski definition) is 5. The zero-order valence-corrected chi connectivity index (χ0v) is 20.5. The first-order valence-corrected chi connectivity index (χ1v) is 11.7. The van der Waals surface area contributed by atoms with E-state index in [4.69, 9.17) is 4.74 Å². The van der Waals surface area contributed by atoms with Gasteiger partial charge in [-0.3, -0.25) is 9.59 Å². The van der Waals surface area contributed by atoms with Crippen LogP contribution in [0.3, 0.4) is 0 Å². The molecule has 182 valence electrons. The Morgan fingerprint density at radius 3 is 2.20 bits per heavy atom. The fraction of sp³-hybridized carbons (Fsp3) is 0.286. The van der Waals surface area contributed by atoms with Crippen LogP contribution in [0, 0.1) is 0 Å². The Morgan fingerprint density at radius 1 is 0.857 bits per heavy atom. The highest BCUT2D eigenvalue weighted by Crippen LogP contribution is 2.25. The van der Waals surface area contributed by atoms with E-state index in [9.17, 15) is 9.59 Å². The molecule has 0 aliphatic carbocycles. The van der Waals surface area contributed by atoms with Gasteiger partial charge in [-0.15, -0.1) is 0 Å². The van der Waals surface area contributed by atoms with Crippen molar-refractivity contribution in [3.05, 3.63) is 89.5 Å². The summed E-state index contributed by atoms with van der Waals surface area (Å²) >= 11 is 0. The van der Waals surface area contributed by atoms with E-state index in [2.05, 4.69) is 63.6 Å². The van der Waals surface area contributed by atoms with Crippen LogP contribution in [0.2, 0.25) is 0 Å². The van der Waals surface area contributed by atoms with Gasteiger partial charge in [0.2, 0.25) is 11.8 Å². The molecule has 0 bridgehead atoms. The summed E-state index contributed by atoms with van der Waals surface area (Å²) in [6, 6.07) is 24.8. The monoisotopic (exact) mass is 472 g/mol. The fourth-order valence-corrected chi connectivity index (χ4v) is 4.20. The van der Waals surface area contributed by atoms with Crippen LogP contribution < -0.4 is 19.9 Å². The lowest BCUT2D eigenvalue weighted by Crippen LogP contribution is -2.51. The van der Waals surface area contributed by atoms with Gasteiger partial charge in [0.15, 0.2) is 0 Å². The van der Waals surface area contributed by atoms with E-state index in [1.165, 1.54) is 5.56 Å². The quantitative estimate of drug-likeness (QED) is 0.517. The maximum absolute atomic E-state index is 12.3. The standard InChI is InChI=1S/C28H32N4O3/c1-30(2)24-10-4-7-21(13-24)17-31(18-23-9-6-12-26(15-23)35-3)25-11-5-8-22(14-25)19-32-20-27(33)29-16-28(32)34/h4-15H,16-20H2,1-3H3,(H,29,33). The number of carbonyl (C=O) groups excluding carboxylic acids is 2. The van der Waals surface area contributed by atoms with Crippen LogP contribution >= 0.6 is 0 Å². The second kappa shape index (κ2) is 11.0. The zero-order valence-electron chi connectivity index (χ0n) is 20.5. The van der Waals surface area contributed by atoms with Crippen LogP contribution in [0.4, 0.5) is 11.4 Å². The smallest absolute Gasteiger partial charge is 0.242 e.